The van der Waals surface area contributed by atoms with Gasteiger partial charge in [0.15, 0.2) is 11.7 Å². The fraction of sp³-hybridized carbons (Fsp3) is 0.125. The largest absolute Gasteiger partial charge is 0.441 e. The minimum atomic E-state index is -0.305. The highest BCUT2D eigenvalue weighted by Gasteiger charge is 2.10. The Hall–Kier alpha value is -3.45. The number of pyridine rings is 1. The average Bonchev–Trinajstić information content (AvgIpc) is 3.28. The van der Waals surface area contributed by atoms with E-state index in [1.807, 2.05) is 42.6 Å². The van der Waals surface area contributed by atoms with Crippen molar-refractivity contribution in [3.8, 4) is 11.3 Å². The summed E-state index contributed by atoms with van der Waals surface area (Å²) < 4.78 is 18.7. The number of carbonyl (C=O) groups excluding carboxylic acids is 1. The number of anilines is 1. The highest BCUT2D eigenvalue weighted by molar-refractivity contribution is 7.98. The first kappa shape index (κ1) is 20.8. The third-order valence-corrected chi connectivity index (χ3v) is 5.60. The molecule has 5 nitrogen and oxygen atoms in total. The third-order valence-electron chi connectivity index (χ3n) is 4.51. The van der Waals surface area contributed by atoms with Crippen LogP contribution in [0.15, 0.2) is 88.6 Å². The van der Waals surface area contributed by atoms with E-state index >= 15 is 0 Å². The molecule has 0 atom stereocenters. The molecule has 0 saturated heterocycles. The molecule has 0 unspecified atom stereocenters. The van der Waals surface area contributed by atoms with Gasteiger partial charge in [-0.05, 0) is 60.2 Å². The van der Waals surface area contributed by atoms with E-state index in [4.69, 9.17) is 4.42 Å². The predicted molar refractivity (Wildman–Crippen MR) is 119 cm³/mol. The summed E-state index contributed by atoms with van der Waals surface area (Å²) in [5.41, 5.74) is 2.65. The molecule has 4 aromatic rings. The van der Waals surface area contributed by atoms with Gasteiger partial charge in [0, 0.05) is 47.1 Å². The summed E-state index contributed by atoms with van der Waals surface area (Å²) in [6, 6.07) is 17.7. The van der Waals surface area contributed by atoms with Gasteiger partial charge in [0.25, 0.3) is 0 Å². The van der Waals surface area contributed by atoms with Gasteiger partial charge < -0.3 is 9.73 Å². The lowest BCUT2D eigenvalue weighted by Crippen LogP contribution is -2.12. The quantitative estimate of drug-likeness (QED) is 0.359. The summed E-state index contributed by atoms with van der Waals surface area (Å²) in [7, 11) is 0. The molecule has 0 bridgehead atoms. The van der Waals surface area contributed by atoms with Crippen molar-refractivity contribution in [3.05, 3.63) is 96.5 Å². The molecule has 0 aliphatic rings. The summed E-state index contributed by atoms with van der Waals surface area (Å²) in [5.74, 6) is 1.44. The first-order chi connectivity index (χ1) is 15.2. The molecule has 4 rings (SSSR count). The first-order valence-electron chi connectivity index (χ1n) is 9.78. The lowest BCUT2D eigenvalue weighted by molar-refractivity contribution is -0.116. The van der Waals surface area contributed by atoms with Crippen molar-refractivity contribution >= 4 is 23.4 Å². The molecule has 31 heavy (non-hydrogen) atoms. The molecule has 1 N–H and O–H groups in total. The first-order valence-corrected chi connectivity index (χ1v) is 10.8. The SMILES string of the molecule is O=C(CCc1ncc(-c2ccc(F)cc2)o1)Nc1ccc(SCc2cccnc2)cc1. The molecule has 156 valence electrons. The van der Waals surface area contributed by atoms with E-state index in [0.717, 1.165) is 21.9 Å². The molecular weight excluding hydrogens is 413 g/mol. The van der Waals surface area contributed by atoms with Gasteiger partial charge in [-0.25, -0.2) is 9.37 Å². The fourth-order valence-corrected chi connectivity index (χ4v) is 3.73. The van der Waals surface area contributed by atoms with Gasteiger partial charge in [0.05, 0.1) is 6.20 Å². The Labute approximate surface area is 183 Å². The summed E-state index contributed by atoms with van der Waals surface area (Å²) in [6.07, 6.45) is 5.84. The molecular formula is C24H20FN3O2S. The maximum atomic E-state index is 13.0. The maximum Gasteiger partial charge on any atom is 0.224 e. The lowest BCUT2D eigenvalue weighted by Gasteiger charge is -2.06. The number of thioether (sulfide) groups is 1. The highest BCUT2D eigenvalue weighted by Crippen LogP contribution is 2.24. The van der Waals surface area contributed by atoms with Crippen molar-refractivity contribution in [2.45, 2.75) is 23.5 Å². The molecule has 0 fully saturated rings. The van der Waals surface area contributed by atoms with Gasteiger partial charge in [0.1, 0.15) is 5.82 Å². The number of nitrogens with one attached hydrogen (secondary N) is 1. The minimum Gasteiger partial charge on any atom is -0.441 e. The van der Waals surface area contributed by atoms with Crippen molar-refractivity contribution in [2.75, 3.05) is 5.32 Å². The molecule has 7 heteroatoms. The standard InChI is InChI=1S/C24H20FN3O2S/c25-19-5-3-18(4-6-19)22-15-27-24(30-22)12-11-23(29)28-20-7-9-21(10-8-20)31-16-17-2-1-13-26-14-17/h1-10,13-15H,11-12,16H2,(H,28,29). The Morgan fingerprint density at radius 1 is 1.03 bits per heavy atom. The number of aromatic nitrogens is 2. The normalized spacial score (nSPS) is 10.7. The average molecular weight is 434 g/mol. The number of halogens is 1. The predicted octanol–water partition coefficient (Wildman–Crippen LogP) is 5.74. The van der Waals surface area contributed by atoms with Crippen molar-refractivity contribution < 1.29 is 13.6 Å². The van der Waals surface area contributed by atoms with Crippen LogP contribution in [0.3, 0.4) is 0 Å². The van der Waals surface area contributed by atoms with Crippen molar-refractivity contribution in [1.82, 2.24) is 9.97 Å². The van der Waals surface area contributed by atoms with E-state index < -0.39 is 0 Å². The van der Waals surface area contributed by atoms with Crippen LogP contribution in [-0.2, 0) is 17.0 Å². The Morgan fingerprint density at radius 2 is 1.84 bits per heavy atom. The molecule has 2 aromatic heterocycles. The Kier molecular flexibility index (Phi) is 6.74. The fourth-order valence-electron chi connectivity index (χ4n) is 2.90. The van der Waals surface area contributed by atoms with Crippen LogP contribution in [0.25, 0.3) is 11.3 Å². The number of nitrogens with zero attached hydrogens (tertiary/aromatic N) is 2. The van der Waals surface area contributed by atoms with Crippen LogP contribution in [0.2, 0.25) is 0 Å². The second-order valence-corrected chi connectivity index (χ2v) is 7.90. The number of hydrogen-bond acceptors (Lipinski definition) is 5. The van der Waals surface area contributed by atoms with E-state index in [0.29, 0.717) is 18.1 Å². The zero-order valence-corrected chi connectivity index (χ0v) is 17.4. The molecule has 0 aliphatic carbocycles. The van der Waals surface area contributed by atoms with Crippen LogP contribution in [-0.4, -0.2) is 15.9 Å². The van der Waals surface area contributed by atoms with Crippen LogP contribution < -0.4 is 5.32 Å². The van der Waals surface area contributed by atoms with Gasteiger partial charge in [-0.2, -0.15) is 0 Å². The third kappa shape index (κ3) is 6.02. The number of amides is 1. The Balaban J connectivity index is 1.25. The van der Waals surface area contributed by atoms with E-state index in [1.165, 1.54) is 17.7 Å². The van der Waals surface area contributed by atoms with Crippen LogP contribution in [0, 0.1) is 5.82 Å². The monoisotopic (exact) mass is 433 g/mol. The van der Waals surface area contributed by atoms with Crippen LogP contribution in [0.4, 0.5) is 10.1 Å². The molecule has 1 amide bonds. The van der Waals surface area contributed by atoms with Gasteiger partial charge in [-0.3, -0.25) is 9.78 Å². The highest BCUT2D eigenvalue weighted by atomic mass is 32.2. The summed E-state index contributed by atoms with van der Waals surface area (Å²) in [4.78, 5) is 21.7. The number of carbonyl (C=O) groups is 1. The molecule has 0 spiro atoms. The molecule has 0 aliphatic heterocycles. The number of rotatable bonds is 8. The summed E-state index contributed by atoms with van der Waals surface area (Å²) in [5, 5.41) is 2.89. The Morgan fingerprint density at radius 3 is 2.58 bits per heavy atom. The number of aryl methyl sites for hydroxylation is 1. The van der Waals surface area contributed by atoms with Crippen molar-refractivity contribution in [2.24, 2.45) is 0 Å². The zero-order valence-electron chi connectivity index (χ0n) is 16.6. The topological polar surface area (TPSA) is 68.0 Å². The second-order valence-electron chi connectivity index (χ2n) is 6.85. The summed E-state index contributed by atoms with van der Waals surface area (Å²) in [6.45, 7) is 0. The second kappa shape index (κ2) is 10.0. The smallest absolute Gasteiger partial charge is 0.224 e. The van der Waals surface area contributed by atoms with E-state index in [1.54, 1.807) is 36.3 Å². The van der Waals surface area contributed by atoms with Gasteiger partial charge in [-0.1, -0.05) is 6.07 Å². The van der Waals surface area contributed by atoms with Crippen molar-refractivity contribution in [1.29, 1.82) is 0 Å². The van der Waals surface area contributed by atoms with Crippen LogP contribution >= 0.6 is 11.8 Å². The van der Waals surface area contributed by atoms with Gasteiger partial charge in [0.2, 0.25) is 5.91 Å². The number of benzene rings is 2. The zero-order chi connectivity index (χ0) is 21.5. The van der Waals surface area contributed by atoms with E-state index in [-0.39, 0.29) is 18.1 Å². The molecule has 2 heterocycles. The van der Waals surface area contributed by atoms with E-state index in [9.17, 15) is 9.18 Å². The minimum absolute atomic E-state index is 0.114. The number of oxazole rings is 1. The molecule has 2 aromatic carbocycles. The van der Waals surface area contributed by atoms with Crippen LogP contribution in [0.1, 0.15) is 17.9 Å². The van der Waals surface area contributed by atoms with Gasteiger partial charge in [-0.15, -0.1) is 11.8 Å². The Bertz CT molecular complexity index is 1130. The maximum absolute atomic E-state index is 13.0. The molecule has 0 saturated carbocycles. The number of hydrogen-bond donors (Lipinski definition) is 1. The molecule has 0 radical (unpaired) electrons. The lowest BCUT2D eigenvalue weighted by atomic mass is 10.2. The van der Waals surface area contributed by atoms with Gasteiger partial charge >= 0.3 is 0 Å². The van der Waals surface area contributed by atoms with E-state index in [2.05, 4.69) is 15.3 Å². The van der Waals surface area contributed by atoms with Crippen molar-refractivity contribution in [3.63, 3.8) is 0 Å². The van der Waals surface area contributed by atoms with Crippen LogP contribution in [0.5, 0.6) is 0 Å². The summed E-state index contributed by atoms with van der Waals surface area (Å²) >= 11 is 1.72.